The largest absolute Gasteiger partial charge is 0.364 e. The van der Waals surface area contributed by atoms with Gasteiger partial charge in [0.15, 0.2) is 5.69 Å². The van der Waals surface area contributed by atoms with E-state index in [9.17, 15) is 9.18 Å². The van der Waals surface area contributed by atoms with Crippen molar-refractivity contribution in [3.05, 3.63) is 83.3 Å². The molecular formula is C21H19FN4O. The van der Waals surface area contributed by atoms with Crippen molar-refractivity contribution in [1.82, 2.24) is 10.2 Å². The number of aromatic nitrogens is 2. The average Bonchev–Trinajstić information content (AvgIpc) is 2.73. The molecule has 27 heavy (non-hydrogen) atoms. The van der Waals surface area contributed by atoms with E-state index in [0.29, 0.717) is 30.2 Å². The predicted molar refractivity (Wildman–Crippen MR) is 102 cm³/mol. The number of hydrogen-bond acceptors (Lipinski definition) is 4. The molecule has 0 atom stereocenters. The molecule has 136 valence electrons. The Hall–Kier alpha value is -3.28. The van der Waals surface area contributed by atoms with Crippen LogP contribution in [0.15, 0.2) is 60.7 Å². The zero-order chi connectivity index (χ0) is 18.6. The summed E-state index contributed by atoms with van der Waals surface area (Å²) in [6, 6.07) is 17.8. The number of amides is 1. The fourth-order valence-electron chi connectivity index (χ4n) is 3.25. The number of halogens is 1. The molecule has 1 N–H and O–H groups in total. The van der Waals surface area contributed by atoms with Gasteiger partial charge in [0.2, 0.25) is 0 Å². The molecule has 3 aromatic rings. The molecule has 0 saturated carbocycles. The smallest absolute Gasteiger partial charge is 0.278 e. The molecule has 4 rings (SSSR count). The van der Waals surface area contributed by atoms with Crippen LogP contribution in [0.4, 0.5) is 15.9 Å². The molecule has 0 fully saturated rings. The minimum absolute atomic E-state index is 0.157. The number of anilines is 2. The Morgan fingerprint density at radius 3 is 2.67 bits per heavy atom. The van der Waals surface area contributed by atoms with E-state index in [4.69, 9.17) is 0 Å². The number of aryl methyl sites for hydroxylation is 1. The fourth-order valence-corrected chi connectivity index (χ4v) is 3.25. The van der Waals surface area contributed by atoms with Gasteiger partial charge in [0.25, 0.3) is 5.91 Å². The van der Waals surface area contributed by atoms with Gasteiger partial charge in [-0.2, -0.15) is 0 Å². The number of carbonyl (C=O) groups is 1. The molecule has 5 nitrogen and oxygen atoms in total. The van der Waals surface area contributed by atoms with Crippen LogP contribution in [0.2, 0.25) is 0 Å². The van der Waals surface area contributed by atoms with E-state index in [0.717, 1.165) is 18.5 Å². The summed E-state index contributed by atoms with van der Waals surface area (Å²) in [5.41, 5.74) is 2.96. The van der Waals surface area contributed by atoms with Crippen LogP contribution in [0.25, 0.3) is 0 Å². The molecule has 0 spiro atoms. The maximum Gasteiger partial charge on any atom is 0.278 e. The van der Waals surface area contributed by atoms with Gasteiger partial charge in [0.05, 0.1) is 0 Å². The first-order chi connectivity index (χ1) is 13.2. The van der Waals surface area contributed by atoms with Gasteiger partial charge in [-0.15, -0.1) is 10.2 Å². The van der Waals surface area contributed by atoms with Crippen molar-refractivity contribution in [2.75, 3.05) is 16.8 Å². The summed E-state index contributed by atoms with van der Waals surface area (Å²) in [6.45, 7) is 0.971. The first-order valence-corrected chi connectivity index (χ1v) is 8.93. The van der Waals surface area contributed by atoms with Gasteiger partial charge in [-0.1, -0.05) is 36.4 Å². The van der Waals surface area contributed by atoms with E-state index < -0.39 is 0 Å². The highest BCUT2D eigenvalue weighted by atomic mass is 19.1. The van der Waals surface area contributed by atoms with Gasteiger partial charge in [-0.05, 0) is 42.7 Å². The Morgan fingerprint density at radius 2 is 1.85 bits per heavy atom. The van der Waals surface area contributed by atoms with E-state index in [1.54, 1.807) is 35.2 Å². The van der Waals surface area contributed by atoms with Gasteiger partial charge >= 0.3 is 0 Å². The number of rotatable bonds is 4. The van der Waals surface area contributed by atoms with E-state index in [1.807, 2.05) is 18.2 Å². The van der Waals surface area contributed by atoms with Gasteiger partial charge in [0.1, 0.15) is 11.6 Å². The molecule has 0 radical (unpaired) electrons. The number of hydrogen-bond donors (Lipinski definition) is 1. The standard InChI is InChI=1S/C21H19FN4O/c22-17-9-3-1-7-16(17)14-23-20-12-11-18(24-25-20)21(27)26-13-5-8-15-6-2-4-10-19(15)26/h1-4,6-7,9-12H,5,8,13-14H2,(H,23,25). The Balaban J connectivity index is 1.46. The van der Waals surface area contributed by atoms with E-state index in [2.05, 4.69) is 21.6 Å². The van der Waals surface area contributed by atoms with Crippen LogP contribution < -0.4 is 10.2 Å². The fraction of sp³-hybridized carbons (Fsp3) is 0.190. The summed E-state index contributed by atoms with van der Waals surface area (Å²) < 4.78 is 13.7. The molecule has 1 aliphatic rings. The van der Waals surface area contributed by atoms with Crippen LogP contribution in [-0.2, 0) is 13.0 Å². The summed E-state index contributed by atoms with van der Waals surface area (Å²) in [6.07, 6.45) is 1.91. The molecule has 0 unspecified atom stereocenters. The normalized spacial score (nSPS) is 13.1. The zero-order valence-electron chi connectivity index (χ0n) is 14.7. The van der Waals surface area contributed by atoms with Crippen molar-refractivity contribution in [1.29, 1.82) is 0 Å². The van der Waals surface area contributed by atoms with Gasteiger partial charge < -0.3 is 10.2 Å². The van der Waals surface area contributed by atoms with Crippen LogP contribution in [-0.4, -0.2) is 22.6 Å². The number of benzene rings is 2. The second-order valence-electron chi connectivity index (χ2n) is 6.44. The Morgan fingerprint density at radius 1 is 1.04 bits per heavy atom. The number of carbonyl (C=O) groups excluding carboxylic acids is 1. The minimum Gasteiger partial charge on any atom is -0.364 e. The Bertz CT molecular complexity index is 958. The van der Waals surface area contributed by atoms with Crippen LogP contribution in [0.3, 0.4) is 0 Å². The van der Waals surface area contributed by atoms with Crippen LogP contribution >= 0.6 is 0 Å². The maximum atomic E-state index is 13.7. The predicted octanol–water partition coefficient (Wildman–Crippen LogP) is 3.82. The highest BCUT2D eigenvalue weighted by Gasteiger charge is 2.24. The summed E-state index contributed by atoms with van der Waals surface area (Å²) in [4.78, 5) is 14.6. The first kappa shape index (κ1) is 17.1. The summed E-state index contributed by atoms with van der Waals surface area (Å²) in [7, 11) is 0. The van der Waals surface area contributed by atoms with Crippen molar-refractivity contribution in [3.63, 3.8) is 0 Å². The number of para-hydroxylation sites is 1. The third kappa shape index (κ3) is 3.65. The second kappa shape index (κ2) is 7.53. The lowest BCUT2D eigenvalue weighted by Gasteiger charge is -2.29. The quantitative estimate of drug-likeness (QED) is 0.767. The van der Waals surface area contributed by atoms with Crippen LogP contribution in [0.5, 0.6) is 0 Å². The molecule has 1 aromatic heterocycles. The monoisotopic (exact) mass is 362 g/mol. The van der Waals surface area contributed by atoms with Crippen LogP contribution in [0.1, 0.15) is 28.0 Å². The average molecular weight is 362 g/mol. The maximum absolute atomic E-state index is 13.7. The van der Waals surface area contributed by atoms with Crippen LogP contribution in [0, 0.1) is 5.82 Å². The minimum atomic E-state index is -0.270. The van der Waals surface area contributed by atoms with Crippen molar-refractivity contribution in [2.24, 2.45) is 0 Å². The lowest BCUT2D eigenvalue weighted by Crippen LogP contribution is -2.36. The van der Waals surface area contributed by atoms with E-state index in [1.165, 1.54) is 11.6 Å². The van der Waals surface area contributed by atoms with Crippen molar-refractivity contribution in [2.45, 2.75) is 19.4 Å². The van der Waals surface area contributed by atoms with Crippen molar-refractivity contribution >= 4 is 17.4 Å². The molecular weight excluding hydrogens is 343 g/mol. The third-order valence-corrected chi connectivity index (χ3v) is 4.66. The lowest BCUT2D eigenvalue weighted by molar-refractivity contribution is 0.0979. The first-order valence-electron chi connectivity index (χ1n) is 8.93. The van der Waals surface area contributed by atoms with Gasteiger partial charge in [0, 0.05) is 24.3 Å². The molecule has 0 saturated heterocycles. The summed E-state index contributed by atoms with van der Waals surface area (Å²) in [5, 5.41) is 11.2. The molecule has 0 bridgehead atoms. The Labute approximate surface area is 156 Å². The molecule has 1 aliphatic heterocycles. The Kier molecular flexibility index (Phi) is 4.78. The summed E-state index contributed by atoms with van der Waals surface area (Å²) >= 11 is 0. The molecule has 1 amide bonds. The second-order valence-corrected chi connectivity index (χ2v) is 6.44. The highest BCUT2D eigenvalue weighted by Crippen LogP contribution is 2.27. The van der Waals surface area contributed by atoms with E-state index >= 15 is 0 Å². The molecule has 2 aromatic carbocycles. The molecule has 2 heterocycles. The lowest BCUT2D eigenvalue weighted by atomic mass is 10.0. The van der Waals surface area contributed by atoms with Crippen molar-refractivity contribution < 1.29 is 9.18 Å². The van der Waals surface area contributed by atoms with Gasteiger partial charge in [-0.3, -0.25) is 4.79 Å². The summed E-state index contributed by atoms with van der Waals surface area (Å²) in [5.74, 6) is 0.0673. The molecule has 0 aliphatic carbocycles. The molecule has 6 heteroatoms. The topological polar surface area (TPSA) is 58.1 Å². The number of nitrogens with one attached hydrogen (secondary N) is 1. The highest BCUT2D eigenvalue weighted by molar-refractivity contribution is 6.05. The van der Waals surface area contributed by atoms with Crippen molar-refractivity contribution in [3.8, 4) is 0 Å². The van der Waals surface area contributed by atoms with Gasteiger partial charge in [-0.25, -0.2) is 4.39 Å². The SMILES string of the molecule is O=C(c1ccc(NCc2ccccc2F)nn1)N1CCCc2ccccc21. The zero-order valence-corrected chi connectivity index (χ0v) is 14.7. The van der Waals surface area contributed by atoms with E-state index in [-0.39, 0.29) is 11.7 Å². The number of fused-ring (bicyclic) bond motifs is 1. The third-order valence-electron chi connectivity index (χ3n) is 4.66. The number of nitrogens with zero attached hydrogens (tertiary/aromatic N) is 3.